The summed E-state index contributed by atoms with van der Waals surface area (Å²) in [5.41, 5.74) is 4.49. The number of thioether (sulfide) groups is 1. The molecule has 2 heterocycles. The Labute approximate surface area is 177 Å². The van der Waals surface area contributed by atoms with Crippen molar-refractivity contribution in [3.8, 4) is 5.69 Å². The molecule has 26 heavy (non-hydrogen) atoms. The summed E-state index contributed by atoms with van der Waals surface area (Å²) in [5, 5.41) is 12.2. The van der Waals surface area contributed by atoms with E-state index in [2.05, 4.69) is 69.7 Å². The van der Waals surface area contributed by atoms with Crippen molar-refractivity contribution in [1.82, 2.24) is 20.4 Å². The number of guanidine groups is 1. The summed E-state index contributed by atoms with van der Waals surface area (Å²) in [6.07, 6.45) is 2.63. The number of rotatable bonds is 5. The first-order valence-corrected chi connectivity index (χ1v) is 9.90. The van der Waals surface area contributed by atoms with Gasteiger partial charge in [0.15, 0.2) is 5.96 Å². The first-order chi connectivity index (χ1) is 12.2. The molecule has 1 saturated heterocycles. The molecule has 0 amide bonds. The second kappa shape index (κ2) is 10.2. The fourth-order valence-electron chi connectivity index (χ4n) is 3.16. The highest BCUT2D eigenvalue weighted by atomic mass is 127. The number of nitrogens with one attached hydrogen (secondary N) is 2. The molecule has 1 atom stereocenters. The number of halogens is 1. The summed E-state index contributed by atoms with van der Waals surface area (Å²) in [7, 11) is 1.82. The van der Waals surface area contributed by atoms with E-state index >= 15 is 0 Å². The minimum absolute atomic E-state index is 0. The summed E-state index contributed by atoms with van der Waals surface area (Å²) in [5.74, 6) is 2.14. The predicted molar refractivity (Wildman–Crippen MR) is 122 cm³/mol. The van der Waals surface area contributed by atoms with E-state index in [0.29, 0.717) is 11.8 Å². The summed E-state index contributed by atoms with van der Waals surface area (Å²) >= 11 is 2.06. The lowest BCUT2D eigenvalue weighted by molar-refractivity contribution is 0.723. The first kappa shape index (κ1) is 21.1. The quantitative estimate of drug-likeness (QED) is 0.386. The van der Waals surface area contributed by atoms with Gasteiger partial charge in [-0.1, -0.05) is 18.2 Å². The van der Waals surface area contributed by atoms with Crippen molar-refractivity contribution in [2.75, 3.05) is 19.3 Å². The van der Waals surface area contributed by atoms with Gasteiger partial charge >= 0.3 is 0 Å². The molecule has 1 aromatic carbocycles. The van der Waals surface area contributed by atoms with Gasteiger partial charge in [0.05, 0.1) is 11.4 Å². The van der Waals surface area contributed by atoms with Crippen LogP contribution in [-0.2, 0) is 6.54 Å². The predicted octanol–water partition coefficient (Wildman–Crippen LogP) is 3.67. The molecule has 0 saturated carbocycles. The zero-order chi connectivity index (χ0) is 17.6. The Hall–Kier alpha value is -1.22. The summed E-state index contributed by atoms with van der Waals surface area (Å²) in [4.78, 5) is 4.35. The molecular formula is C19H28IN5S. The van der Waals surface area contributed by atoms with Crippen molar-refractivity contribution in [2.24, 2.45) is 4.99 Å². The van der Waals surface area contributed by atoms with Gasteiger partial charge < -0.3 is 10.6 Å². The van der Waals surface area contributed by atoms with Crippen LogP contribution in [0.5, 0.6) is 0 Å². The minimum Gasteiger partial charge on any atom is -0.355 e. The lowest BCUT2D eigenvalue weighted by atomic mass is 10.1. The molecule has 0 spiro atoms. The van der Waals surface area contributed by atoms with Gasteiger partial charge in [0, 0.05) is 31.1 Å². The molecule has 142 valence electrons. The molecular weight excluding hydrogens is 457 g/mol. The molecule has 7 heteroatoms. The van der Waals surface area contributed by atoms with Crippen molar-refractivity contribution in [3.63, 3.8) is 0 Å². The number of hydrogen-bond acceptors (Lipinski definition) is 3. The van der Waals surface area contributed by atoms with Crippen molar-refractivity contribution in [2.45, 2.75) is 38.5 Å². The Balaban J connectivity index is 0.00000243. The van der Waals surface area contributed by atoms with E-state index < -0.39 is 0 Å². The Kier molecular flexibility index (Phi) is 8.27. The molecule has 1 aliphatic heterocycles. The zero-order valence-corrected chi connectivity index (χ0v) is 18.8. The molecule has 5 nitrogen and oxygen atoms in total. The fraction of sp³-hybridized carbons (Fsp3) is 0.474. The van der Waals surface area contributed by atoms with E-state index in [4.69, 9.17) is 0 Å². The summed E-state index contributed by atoms with van der Waals surface area (Å²) < 4.78 is 2.01. The third kappa shape index (κ3) is 5.39. The maximum absolute atomic E-state index is 4.62. The van der Waals surface area contributed by atoms with Gasteiger partial charge in [0.1, 0.15) is 0 Å². The Morgan fingerprint density at radius 2 is 2.12 bits per heavy atom. The van der Waals surface area contributed by atoms with E-state index in [0.717, 1.165) is 29.6 Å². The highest BCUT2D eigenvalue weighted by molar-refractivity contribution is 14.0. The average Bonchev–Trinajstić information content (AvgIpc) is 3.24. The lowest BCUT2D eigenvalue weighted by Gasteiger charge is -2.16. The maximum Gasteiger partial charge on any atom is 0.191 e. The minimum atomic E-state index is 0. The van der Waals surface area contributed by atoms with Crippen LogP contribution >= 0.6 is 35.7 Å². The van der Waals surface area contributed by atoms with Crippen LogP contribution in [0.15, 0.2) is 35.3 Å². The number of benzene rings is 1. The fourth-order valence-corrected chi connectivity index (χ4v) is 4.36. The average molecular weight is 485 g/mol. The van der Waals surface area contributed by atoms with Gasteiger partial charge in [0.2, 0.25) is 0 Å². The lowest BCUT2D eigenvalue weighted by Crippen LogP contribution is -2.39. The van der Waals surface area contributed by atoms with Crippen LogP contribution < -0.4 is 10.6 Å². The standard InChI is InChI=1S/C19H27N5S.HI/c1-14-11-15(2)24(23-14)18-9-5-4-7-16(18)12-21-19(20-3)22-13-17-8-6-10-25-17;/h4-5,7,9,11,17H,6,8,10,12-13H2,1-3H3,(H2,20,21,22);1H. The summed E-state index contributed by atoms with van der Waals surface area (Å²) in [6.45, 7) is 5.80. The Morgan fingerprint density at radius 1 is 1.31 bits per heavy atom. The van der Waals surface area contributed by atoms with Gasteiger partial charge in [0.25, 0.3) is 0 Å². The van der Waals surface area contributed by atoms with Crippen LogP contribution in [0.25, 0.3) is 5.69 Å². The zero-order valence-electron chi connectivity index (χ0n) is 15.7. The molecule has 0 aliphatic carbocycles. The number of para-hydroxylation sites is 1. The van der Waals surface area contributed by atoms with Crippen molar-refractivity contribution in [1.29, 1.82) is 0 Å². The van der Waals surface area contributed by atoms with Crippen LogP contribution in [0, 0.1) is 13.8 Å². The van der Waals surface area contributed by atoms with Gasteiger partial charge in [-0.15, -0.1) is 24.0 Å². The number of aliphatic imine (C=N–C) groups is 1. The number of aromatic nitrogens is 2. The molecule has 1 aromatic heterocycles. The van der Waals surface area contributed by atoms with E-state index in [1.54, 1.807) is 0 Å². The summed E-state index contributed by atoms with van der Waals surface area (Å²) in [6, 6.07) is 10.5. The molecule has 3 rings (SSSR count). The third-order valence-corrected chi connectivity index (χ3v) is 5.82. The number of hydrogen-bond donors (Lipinski definition) is 2. The van der Waals surface area contributed by atoms with E-state index in [1.165, 1.54) is 24.2 Å². The molecule has 0 bridgehead atoms. The van der Waals surface area contributed by atoms with Crippen molar-refractivity contribution >= 4 is 41.7 Å². The SMILES string of the molecule is CN=C(NCc1ccccc1-n1nc(C)cc1C)NCC1CCCS1.I. The van der Waals surface area contributed by atoms with E-state index in [9.17, 15) is 0 Å². The van der Waals surface area contributed by atoms with Gasteiger partial charge in [-0.05, 0) is 50.1 Å². The highest BCUT2D eigenvalue weighted by Crippen LogP contribution is 2.25. The second-order valence-corrected chi connectivity index (χ2v) is 7.82. The molecule has 1 unspecified atom stereocenters. The largest absolute Gasteiger partial charge is 0.355 e. The van der Waals surface area contributed by atoms with E-state index in [1.807, 2.05) is 18.7 Å². The third-order valence-electron chi connectivity index (χ3n) is 4.42. The van der Waals surface area contributed by atoms with Crippen LogP contribution in [0.1, 0.15) is 29.8 Å². The second-order valence-electron chi connectivity index (χ2n) is 6.41. The molecule has 1 aliphatic rings. The van der Waals surface area contributed by atoms with Gasteiger partial charge in [-0.25, -0.2) is 4.68 Å². The number of aryl methyl sites for hydroxylation is 2. The Bertz CT molecular complexity index is 737. The van der Waals surface area contributed by atoms with Crippen molar-refractivity contribution < 1.29 is 0 Å². The van der Waals surface area contributed by atoms with Crippen LogP contribution in [0.3, 0.4) is 0 Å². The molecule has 0 radical (unpaired) electrons. The Morgan fingerprint density at radius 3 is 2.77 bits per heavy atom. The van der Waals surface area contributed by atoms with Crippen molar-refractivity contribution in [3.05, 3.63) is 47.3 Å². The van der Waals surface area contributed by atoms with Crippen LogP contribution in [-0.4, -0.2) is 40.3 Å². The highest BCUT2D eigenvalue weighted by Gasteiger charge is 2.15. The van der Waals surface area contributed by atoms with Crippen LogP contribution in [0.4, 0.5) is 0 Å². The van der Waals surface area contributed by atoms with Gasteiger partial charge in [-0.2, -0.15) is 16.9 Å². The smallest absolute Gasteiger partial charge is 0.191 e. The topological polar surface area (TPSA) is 54.2 Å². The van der Waals surface area contributed by atoms with Gasteiger partial charge in [-0.3, -0.25) is 4.99 Å². The first-order valence-electron chi connectivity index (χ1n) is 8.85. The molecule has 1 fully saturated rings. The monoisotopic (exact) mass is 485 g/mol. The normalized spacial score (nSPS) is 17.0. The molecule has 2 aromatic rings. The van der Waals surface area contributed by atoms with E-state index in [-0.39, 0.29) is 24.0 Å². The number of nitrogens with zero attached hydrogens (tertiary/aromatic N) is 3. The van der Waals surface area contributed by atoms with Crippen LogP contribution in [0.2, 0.25) is 0 Å². The maximum atomic E-state index is 4.62. The molecule has 2 N–H and O–H groups in total.